The van der Waals surface area contributed by atoms with Crippen LogP contribution in [0.5, 0.6) is 5.75 Å². The second-order valence-corrected chi connectivity index (χ2v) is 4.09. The van der Waals surface area contributed by atoms with E-state index in [1.54, 1.807) is 7.11 Å². The van der Waals surface area contributed by atoms with Crippen molar-refractivity contribution in [3.05, 3.63) is 41.7 Å². The summed E-state index contributed by atoms with van der Waals surface area (Å²) in [6.45, 7) is 0.411. The van der Waals surface area contributed by atoms with Crippen LogP contribution >= 0.6 is 0 Å². The van der Waals surface area contributed by atoms with Gasteiger partial charge in [-0.25, -0.2) is 10.9 Å². The van der Waals surface area contributed by atoms with E-state index in [1.807, 2.05) is 24.3 Å². The van der Waals surface area contributed by atoms with Crippen molar-refractivity contribution < 1.29 is 14.4 Å². The van der Waals surface area contributed by atoms with E-state index in [0.29, 0.717) is 6.54 Å². The van der Waals surface area contributed by atoms with E-state index in [9.17, 15) is 4.79 Å². The molecule has 0 heterocycles. The van der Waals surface area contributed by atoms with Crippen LogP contribution in [0.4, 0.5) is 0 Å². The molecule has 0 bridgehead atoms. The minimum Gasteiger partial charge on any atom is -0.497 e. The highest BCUT2D eigenvalue weighted by molar-refractivity contribution is 5.91. The number of benzene rings is 1. The van der Waals surface area contributed by atoms with Crippen molar-refractivity contribution in [2.45, 2.75) is 6.54 Å². The molecular formula is C13H20N4O3. The predicted octanol–water partition coefficient (Wildman–Crippen LogP) is 0.191. The zero-order chi connectivity index (χ0) is 15.1. The van der Waals surface area contributed by atoms with Crippen molar-refractivity contribution in [1.82, 2.24) is 10.1 Å². The normalized spacial score (nSPS) is 11.1. The van der Waals surface area contributed by atoms with Gasteiger partial charge in [0.05, 0.1) is 20.8 Å². The number of ether oxygens (including phenoxy) is 1. The lowest BCUT2D eigenvalue weighted by Crippen LogP contribution is -2.33. The average Bonchev–Trinajstić information content (AvgIpc) is 2.46. The van der Waals surface area contributed by atoms with Crippen LogP contribution in [0.25, 0.3) is 0 Å². The second kappa shape index (κ2) is 7.37. The number of hydrogen-bond acceptors (Lipinski definition) is 6. The molecule has 4 N–H and O–H groups in total. The topological polar surface area (TPSA) is 94.1 Å². The number of hydrazine groups is 1. The molecule has 0 fully saturated rings. The summed E-state index contributed by atoms with van der Waals surface area (Å²) in [6.07, 6.45) is 1.36. The van der Waals surface area contributed by atoms with E-state index in [1.165, 1.54) is 25.4 Å². The average molecular weight is 280 g/mol. The quantitative estimate of drug-likeness (QED) is 0.439. The van der Waals surface area contributed by atoms with E-state index >= 15 is 0 Å². The Labute approximate surface area is 118 Å². The van der Waals surface area contributed by atoms with Gasteiger partial charge in [0.25, 0.3) is 5.91 Å². The molecule has 1 aromatic carbocycles. The van der Waals surface area contributed by atoms with Crippen LogP contribution in [-0.2, 0) is 16.2 Å². The summed E-state index contributed by atoms with van der Waals surface area (Å²) < 4.78 is 5.07. The molecule has 0 aliphatic rings. The molecule has 0 aliphatic heterocycles. The van der Waals surface area contributed by atoms with Crippen molar-refractivity contribution >= 4 is 5.91 Å². The summed E-state index contributed by atoms with van der Waals surface area (Å²) in [5.41, 5.74) is 6.60. The van der Waals surface area contributed by atoms with Gasteiger partial charge >= 0.3 is 0 Å². The van der Waals surface area contributed by atoms with Gasteiger partial charge in [0, 0.05) is 13.2 Å². The molecule has 7 nitrogen and oxygen atoms in total. The molecule has 0 spiro atoms. The number of rotatable bonds is 6. The molecule has 0 aromatic heterocycles. The zero-order valence-electron chi connectivity index (χ0n) is 11.9. The molecule has 0 aliphatic carbocycles. The van der Waals surface area contributed by atoms with Gasteiger partial charge in [0.1, 0.15) is 11.4 Å². The van der Waals surface area contributed by atoms with E-state index in [0.717, 1.165) is 16.4 Å². The smallest absolute Gasteiger partial charge is 0.294 e. The fourth-order valence-corrected chi connectivity index (χ4v) is 1.49. The maximum absolute atomic E-state index is 11.7. The molecule has 1 rings (SSSR count). The minimum absolute atomic E-state index is 0.00892. The Hall–Kier alpha value is -2.25. The summed E-state index contributed by atoms with van der Waals surface area (Å²) in [7, 11) is 4.45. The van der Waals surface area contributed by atoms with Crippen molar-refractivity contribution in [3.63, 3.8) is 0 Å². The highest BCUT2D eigenvalue weighted by Gasteiger charge is 2.12. The fraction of sp³-hybridized carbons (Fsp3) is 0.308. The molecular weight excluding hydrogens is 260 g/mol. The SMILES string of the molecule is COc1ccc(CN(N)/C=C(\N)C(=O)N(C)OC)cc1. The number of amides is 1. The largest absolute Gasteiger partial charge is 0.497 e. The standard InChI is InChI=1S/C13H20N4O3/c1-16(20-3)13(18)12(14)9-17(15)8-10-4-6-11(19-2)7-5-10/h4-7,9H,8,14-15H2,1-3H3/b12-9-. The highest BCUT2D eigenvalue weighted by atomic mass is 16.7. The number of methoxy groups -OCH3 is 1. The van der Waals surface area contributed by atoms with Crippen LogP contribution in [0.2, 0.25) is 0 Å². The number of carbonyl (C=O) groups excluding carboxylic acids is 1. The summed E-state index contributed by atoms with van der Waals surface area (Å²) >= 11 is 0. The summed E-state index contributed by atoms with van der Waals surface area (Å²) in [6, 6.07) is 7.43. The molecule has 0 atom stereocenters. The highest BCUT2D eigenvalue weighted by Crippen LogP contribution is 2.12. The van der Waals surface area contributed by atoms with E-state index in [4.69, 9.17) is 21.2 Å². The number of carbonyl (C=O) groups is 1. The van der Waals surface area contributed by atoms with Crippen molar-refractivity contribution in [1.29, 1.82) is 0 Å². The van der Waals surface area contributed by atoms with E-state index in [-0.39, 0.29) is 5.70 Å². The van der Waals surface area contributed by atoms with Crippen LogP contribution in [-0.4, -0.2) is 37.2 Å². The molecule has 0 unspecified atom stereocenters. The van der Waals surface area contributed by atoms with Gasteiger partial charge in [0.2, 0.25) is 0 Å². The number of hydroxylamine groups is 2. The van der Waals surface area contributed by atoms with Gasteiger partial charge in [0.15, 0.2) is 0 Å². The Kier molecular flexibility index (Phi) is 5.82. The number of nitrogens with two attached hydrogens (primary N) is 2. The van der Waals surface area contributed by atoms with Crippen molar-refractivity contribution in [2.24, 2.45) is 11.6 Å². The van der Waals surface area contributed by atoms with Crippen molar-refractivity contribution in [3.8, 4) is 5.75 Å². The lowest BCUT2D eigenvalue weighted by Gasteiger charge is -2.17. The van der Waals surface area contributed by atoms with Gasteiger partial charge in [-0.05, 0) is 17.7 Å². The van der Waals surface area contributed by atoms with Crippen LogP contribution in [0.15, 0.2) is 36.2 Å². The lowest BCUT2D eigenvalue weighted by molar-refractivity contribution is -0.164. The van der Waals surface area contributed by atoms with Gasteiger partial charge in [-0.15, -0.1) is 0 Å². The third-order valence-corrected chi connectivity index (χ3v) is 2.64. The van der Waals surface area contributed by atoms with Crippen LogP contribution < -0.4 is 16.3 Å². The summed E-state index contributed by atoms with van der Waals surface area (Å²) in [4.78, 5) is 16.4. The first-order valence-corrected chi connectivity index (χ1v) is 5.91. The Morgan fingerprint density at radius 2 is 1.90 bits per heavy atom. The first-order valence-electron chi connectivity index (χ1n) is 5.91. The number of likely N-dealkylation sites (N-methyl/N-ethyl adjacent to an activating group) is 1. The van der Waals surface area contributed by atoms with Gasteiger partial charge in [-0.2, -0.15) is 0 Å². The second-order valence-electron chi connectivity index (χ2n) is 4.09. The van der Waals surface area contributed by atoms with E-state index in [2.05, 4.69) is 0 Å². The molecule has 0 saturated heterocycles. The van der Waals surface area contributed by atoms with E-state index < -0.39 is 5.91 Å². The Morgan fingerprint density at radius 3 is 2.40 bits per heavy atom. The predicted molar refractivity (Wildman–Crippen MR) is 74.8 cm³/mol. The molecule has 0 radical (unpaired) electrons. The van der Waals surface area contributed by atoms with Crippen LogP contribution in [0.1, 0.15) is 5.56 Å². The molecule has 1 aromatic rings. The van der Waals surface area contributed by atoms with Crippen molar-refractivity contribution in [2.75, 3.05) is 21.3 Å². The maximum atomic E-state index is 11.7. The van der Waals surface area contributed by atoms with Gasteiger partial charge in [-0.3, -0.25) is 9.63 Å². The summed E-state index contributed by atoms with van der Waals surface area (Å²) in [5.74, 6) is 6.10. The molecule has 7 heteroatoms. The molecule has 110 valence electrons. The molecule has 20 heavy (non-hydrogen) atoms. The molecule has 0 saturated carbocycles. The van der Waals surface area contributed by atoms with Crippen LogP contribution in [0.3, 0.4) is 0 Å². The minimum atomic E-state index is -0.460. The third kappa shape index (κ3) is 4.45. The number of nitrogens with zero attached hydrogens (tertiary/aromatic N) is 2. The Balaban J connectivity index is 2.65. The van der Waals surface area contributed by atoms with Gasteiger partial charge < -0.3 is 15.5 Å². The maximum Gasteiger partial charge on any atom is 0.294 e. The number of hydrogen-bond donors (Lipinski definition) is 2. The third-order valence-electron chi connectivity index (χ3n) is 2.64. The first-order chi connectivity index (χ1) is 9.47. The Bertz CT molecular complexity index is 473. The zero-order valence-corrected chi connectivity index (χ0v) is 11.9. The Morgan fingerprint density at radius 1 is 1.30 bits per heavy atom. The first kappa shape index (κ1) is 15.8. The van der Waals surface area contributed by atoms with Crippen LogP contribution in [0, 0.1) is 0 Å². The monoisotopic (exact) mass is 280 g/mol. The van der Waals surface area contributed by atoms with Gasteiger partial charge in [-0.1, -0.05) is 12.1 Å². The molecule has 1 amide bonds. The summed E-state index contributed by atoms with van der Waals surface area (Å²) in [5, 5.41) is 2.35. The fourth-order valence-electron chi connectivity index (χ4n) is 1.49. The lowest BCUT2D eigenvalue weighted by atomic mass is 10.2.